The van der Waals surface area contributed by atoms with Crippen LogP contribution in [0.2, 0.25) is 0 Å². The Balaban J connectivity index is 1.49. The van der Waals surface area contributed by atoms with Crippen LogP contribution in [-0.2, 0) is 9.59 Å². The van der Waals surface area contributed by atoms with Crippen LogP contribution < -0.4 is 10.6 Å². The normalized spacial score (nSPS) is 15.6. The lowest BCUT2D eigenvalue weighted by Gasteiger charge is -2.13. The Morgan fingerprint density at radius 3 is 2.88 bits per heavy atom. The molecule has 1 fully saturated rings. The molecule has 0 spiro atoms. The van der Waals surface area contributed by atoms with Crippen LogP contribution in [0.25, 0.3) is 11.0 Å². The minimum atomic E-state index is -0.393. The molecule has 7 heteroatoms. The molecular formula is C17H19N3O4. The van der Waals surface area contributed by atoms with Crippen LogP contribution in [0.15, 0.2) is 34.7 Å². The minimum Gasteiger partial charge on any atom is -0.459 e. The number of carbonyl (C=O) groups is 3. The molecule has 0 bridgehead atoms. The van der Waals surface area contributed by atoms with Gasteiger partial charge in [-0.25, -0.2) is 4.79 Å². The lowest BCUT2D eigenvalue weighted by molar-refractivity contribution is -0.126. The van der Waals surface area contributed by atoms with Crippen LogP contribution in [0.3, 0.4) is 0 Å². The second-order valence-electron chi connectivity index (χ2n) is 5.78. The summed E-state index contributed by atoms with van der Waals surface area (Å²) in [6, 6.07) is 8.93. The number of nitrogens with one attached hydrogen (secondary N) is 2. The summed E-state index contributed by atoms with van der Waals surface area (Å²) in [6.07, 6.45) is 0.666. The molecule has 1 atom stereocenters. The average molecular weight is 329 g/mol. The fourth-order valence-electron chi connectivity index (χ4n) is 2.68. The van der Waals surface area contributed by atoms with Crippen molar-refractivity contribution in [2.24, 2.45) is 0 Å². The number of amides is 4. The monoisotopic (exact) mass is 329 g/mol. The van der Waals surface area contributed by atoms with Gasteiger partial charge in [-0.1, -0.05) is 18.2 Å². The Hall–Kier alpha value is -2.83. The van der Waals surface area contributed by atoms with E-state index in [0.717, 1.165) is 15.9 Å². The Morgan fingerprint density at radius 1 is 1.38 bits per heavy atom. The van der Waals surface area contributed by atoms with Gasteiger partial charge in [0.25, 0.3) is 0 Å². The number of nitrogens with zero attached hydrogens (tertiary/aromatic N) is 1. The molecule has 1 aliphatic rings. The van der Waals surface area contributed by atoms with E-state index in [1.807, 2.05) is 37.3 Å². The third-order valence-corrected chi connectivity index (χ3v) is 3.97. The van der Waals surface area contributed by atoms with E-state index in [1.165, 1.54) is 0 Å². The molecule has 2 N–H and O–H groups in total. The lowest BCUT2D eigenvalue weighted by Crippen LogP contribution is -2.33. The van der Waals surface area contributed by atoms with Gasteiger partial charge in [0.15, 0.2) is 0 Å². The van der Waals surface area contributed by atoms with Crippen LogP contribution in [0.4, 0.5) is 4.79 Å². The number of carbonyl (C=O) groups excluding carboxylic acids is 3. The number of furan rings is 1. The third kappa shape index (κ3) is 3.40. The Labute approximate surface area is 139 Å². The molecule has 1 aromatic heterocycles. The van der Waals surface area contributed by atoms with Crippen molar-refractivity contribution in [3.8, 4) is 0 Å². The van der Waals surface area contributed by atoms with Crippen LogP contribution in [-0.4, -0.2) is 35.8 Å². The van der Waals surface area contributed by atoms with E-state index in [0.29, 0.717) is 12.2 Å². The molecule has 126 valence electrons. The highest BCUT2D eigenvalue weighted by molar-refractivity contribution is 6.01. The molecule has 0 saturated carbocycles. The molecule has 2 heterocycles. The van der Waals surface area contributed by atoms with E-state index in [4.69, 9.17) is 4.42 Å². The number of para-hydroxylation sites is 1. The van der Waals surface area contributed by atoms with E-state index >= 15 is 0 Å². The van der Waals surface area contributed by atoms with Crippen molar-refractivity contribution in [1.82, 2.24) is 15.5 Å². The van der Waals surface area contributed by atoms with Crippen molar-refractivity contribution >= 4 is 28.8 Å². The van der Waals surface area contributed by atoms with E-state index in [9.17, 15) is 14.4 Å². The molecule has 0 radical (unpaired) electrons. The fraction of sp³-hybridized carbons (Fsp3) is 0.353. The van der Waals surface area contributed by atoms with Crippen molar-refractivity contribution in [1.29, 1.82) is 0 Å². The van der Waals surface area contributed by atoms with Crippen molar-refractivity contribution < 1.29 is 18.8 Å². The van der Waals surface area contributed by atoms with Gasteiger partial charge in [0.1, 0.15) is 11.3 Å². The first kappa shape index (κ1) is 16.0. The first-order chi connectivity index (χ1) is 11.5. The quantitative estimate of drug-likeness (QED) is 0.792. The number of hydrogen-bond acceptors (Lipinski definition) is 4. The van der Waals surface area contributed by atoms with E-state index < -0.39 is 6.03 Å². The summed E-state index contributed by atoms with van der Waals surface area (Å²) >= 11 is 0. The number of fused-ring (bicyclic) bond motifs is 1. The second-order valence-corrected chi connectivity index (χ2v) is 5.78. The fourth-order valence-corrected chi connectivity index (χ4v) is 2.68. The number of rotatable bonds is 6. The molecule has 24 heavy (non-hydrogen) atoms. The van der Waals surface area contributed by atoms with Crippen molar-refractivity contribution in [2.75, 3.05) is 13.1 Å². The predicted octanol–water partition coefficient (Wildman–Crippen LogP) is 1.94. The number of benzene rings is 1. The first-order valence-corrected chi connectivity index (χ1v) is 7.90. The first-order valence-electron chi connectivity index (χ1n) is 7.90. The average Bonchev–Trinajstić information content (AvgIpc) is 3.12. The number of imide groups is 1. The standard InChI is InChI=1S/C17H19N3O4/c1-11(14-9-12-5-2-3-6-13(12)24-14)19-15(21)7-4-8-20-16(22)10-18-17(20)23/h2-3,5-6,9,11H,4,7-8,10H2,1H3,(H,18,23)(H,19,21)/t11-/m1/s1. The minimum absolute atomic E-state index is 0.0358. The van der Waals surface area contributed by atoms with Crippen LogP contribution in [0.1, 0.15) is 31.6 Å². The zero-order valence-electron chi connectivity index (χ0n) is 13.4. The SMILES string of the molecule is C[C@@H](NC(=O)CCCN1C(=O)CNC1=O)c1cc2ccccc2o1. The maximum absolute atomic E-state index is 12.0. The Bertz CT molecular complexity index is 734. The predicted molar refractivity (Wildman–Crippen MR) is 87.1 cm³/mol. The Morgan fingerprint density at radius 2 is 2.17 bits per heavy atom. The zero-order valence-corrected chi connectivity index (χ0v) is 13.4. The van der Waals surface area contributed by atoms with Gasteiger partial charge in [0.2, 0.25) is 11.8 Å². The maximum atomic E-state index is 12.0. The summed E-state index contributed by atoms with van der Waals surface area (Å²) in [4.78, 5) is 36.0. The highest BCUT2D eigenvalue weighted by atomic mass is 16.3. The number of urea groups is 1. The molecule has 7 nitrogen and oxygen atoms in total. The van der Waals surface area contributed by atoms with Crippen LogP contribution in [0.5, 0.6) is 0 Å². The van der Waals surface area contributed by atoms with Gasteiger partial charge in [-0.2, -0.15) is 0 Å². The Kier molecular flexibility index (Phi) is 4.50. The lowest BCUT2D eigenvalue weighted by atomic mass is 10.2. The van der Waals surface area contributed by atoms with Crippen molar-refractivity contribution in [3.63, 3.8) is 0 Å². The molecule has 1 aromatic carbocycles. The molecular weight excluding hydrogens is 310 g/mol. The zero-order chi connectivity index (χ0) is 17.1. The molecule has 4 amide bonds. The summed E-state index contributed by atoms with van der Waals surface area (Å²) < 4.78 is 5.72. The molecule has 0 unspecified atom stereocenters. The van der Waals surface area contributed by atoms with Gasteiger partial charge < -0.3 is 15.1 Å². The van der Waals surface area contributed by atoms with E-state index in [2.05, 4.69) is 10.6 Å². The van der Waals surface area contributed by atoms with Gasteiger partial charge in [0, 0.05) is 18.4 Å². The van der Waals surface area contributed by atoms with Gasteiger partial charge in [-0.05, 0) is 25.5 Å². The molecule has 1 aliphatic heterocycles. The van der Waals surface area contributed by atoms with Gasteiger partial charge in [0.05, 0.1) is 12.6 Å². The summed E-state index contributed by atoms with van der Waals surface area (Å²) in [5, 5.41) is 6.31. The van der Waals surface area contributed by atoms with E-state index in [1.54, 1.807) is 0 Å². The summed E-state index contributed by atoms with van der Waals surface area (Å²) in [7, 11) is 0. The number of hydrogen-bond donors (Lipinski definition) is 2. The van der Waals surface area contributed by atoms with Crippen molar-refractivity contribution in [2.45, 2.75) is 25.8 Å². The summed E-state index contributed by atoms with van der Waals surface area (Å²) in [5.74, 6) is 0.296. The third-order valence-electron chi connectivity index (χ3n) is 3.97. The van der Waals surface area contributed by atoms with Gasteiger partial charge in [-0.15, -0.1) is 0 Å². The maximum Gasteiger partial charge on any atom is 0.324 e. The summed E-state index contributed by atoms with van der Waals surface area (Å²) in [6.45, 7) is 2.14. The second kappa shape index (κ2) is 6.74. The van der Waals surface area contributed by atoms with E-state index in [-0.39, 0.29) is 37.4 Å². The molecule has 0 aliphatic carbocycles. The topological polar surface area (TPSA) is 91.7 Å². The smallest absolute Gasteiger partial charge is 0.324 e. The summed E-state index contributed by atoms with van der Waals surface area (Å²) in [5.41, 5.74) is 0.784. The largest absolute Gasteiger partial charge is 0.459 e. The molecule has 1 saturated heterocycles. The molecule has 3 rings (SSSR count). The highest BCUT2D eigenvalue weighted by Crippen LogP contribution is 2.23. The van der Waals surface area contributed by atoms with Crippen LogP contribution in [0, 0.1) is 0 Å². The highest BCUT2D eigenvalue weighted by Gasteiger charge is 2.27. The van der Waals surface area contributed by atoms with Gasteiger partial charge in [-0.3, -0.25) is 14.5 Å². The van der Waals surface area contributed by atoms with Crippen LogP contribution >= 0.6 is 0 Å². The molecule has 2 aromatic rings. The van der Waals surface area contributed by atoms with Gasteiger partial charge >= 0.3 is 6.03 Å². The van der Waals surface area contributed by atoms with Crippen molar-refractivity contribution in [3.05, 3.63) is 36.1 Å².